The lowest BCUT2D eigenvalue weighted by molar-refractivity contribution is -0.571. The van der Waals surface area contributed by atoms with E-state index in [0.717, 1.165) is 67.3 Å². The van der Waals surface area contributed by atoms with Gasteiger partial charge in [-0.25, -0.2) is 4.98 Å². The molecule has 0 unspecified atom stereocenters. The van der Waals surface area contributed by atoms with E-state index in [1.54, 1.807) is 0 Å². The van der Waals surface area contributed by atoms with E-state index in [1.165, 1.54) is 72.1 Å². The van der Waals surface area contributed by atoms with Crippen molar-refractivity contribution < 1.29 is 9.30 Å². The number of nitrogens with zero attached hydrogens (tertiary/aromatic N) is 4. The van der Waals surface area contributed by atoms with Crippen molar-refractivity contribution in [2.75, 3.05) is 0 Å². The second-order valence-electron chi connectivity index (χ2n) is 22.0. The van der Waals surface area contributed by atoms with Crippen LogP contribution < -0.4 is 9.30 Å². The maximum absolute atomic E-state index is 6.85. The largest absolute Gasteiger partial charge is 0.458 e. The smallest absolute Gasteiger partial charge is 0.269 e. The number of aromatic nitrogens is 4. The highest BCUT2D eigenvalue weighted by Crippen LogP contribution is 2.62. The quantitative estimate of drug-likeness (QED) is 0.127. The molecule has 0 saturated heterocycles. The summed E-state index contributed by atoms with van der Waals surface area (Å²) in [6.45, 7) is 6.73. The van der Waals surface area contributed by atoms with Crippen molar-refractivity contribution in [3.63, 3.8) is 0 Å². The number of ether oxygens (including phenoxy) is 1. The van der Waals surface area contributed by atoms with Crippen LogP contribution in [0.3, 0.4) is 0 Å². The highest BCUT2D eigenvalue weighted by Gasteiger charge is 2.52. The molecule has 10 aromatic carbocycles. The molecule has 0 N–H and O–H groups in total. The highest BCUT2D eigenvalue weighted by molar-refractivity contribution is 6.09. The first-order valence-corrected chi connectivity index (χ1v) is 26.7. The van der Waals surface area contributed by atoms with Crippen molar-refractivity contribution >= 4 is 32.8 Å². The average Bonchev–Trinajstić information content (AvgIpc) is 4.22. The summed E-state index contributed by atoms with van der Waals surface area (Å²) >= 11 is 0. The SMILES string of the molecule is CC(C)(C)c1ccnc(-n2c3ccccc3c3ccc(Oc4cccc(-n5[c-][n+]6c7c(cccc75)-c5ccccc5-c5cc(C78c9ccccc9C(c9ccccc97)c7ccccc78)ccc5-c5ccccc5-6)c4)cc32)c1. The molecule has 364 valence electrons. The fourth-order valence-electron chi connectivity index (χ4n) is 13.6. The van der Waals surface area contributed by atoms with E-state index in [2.05, 4.69) is 271 Å². The van der Waals surface area contributed by atoms with E-state index in [1.807, 2.05) is 12.3 Å². The maximum atomic E-state index is 6.85. The molecule has 5 nitrogen and oxygen atoms in total. The molecule has 3 aliphatic carbocycles. The van der Waals surface area contributed by atoms with Gasteiger partial charge in [0.15, 0.2) is 0 Å². The van der Waals surface area contributed by atoms with Gasteiger partial charge in [0.2, 0.25) is 0 Å². The third-order valence-corrected chi connectivity index (χ3v) is 16.9. The van der Waals surface area contributed by atoms with Gasteiger partial charge in [0.25, 0.3) is 6.33 Å². The molecule has 0 saturated carbocycles. The summed E-state index contributed by atoms with van der Waals surface area (Å²) in [4.78, 5) is 4.92. The molecule has 1 aliphatic heterocycles. The van der Waals surface area contributed by atoms with Gasteiger partial charge in [-0.15, -0.1) is 0 Å². The third kappa shape index (κ3) is 6.23. The number of benzene rings is 10. The van der Waals surface area contributed by atoms with Gasteiger partial charge in [0, 0.05) is 29.0 Å². The molecule has 17 rings (SSSR count). The summed E-state index contributed by atoms with van der Waals surface area (Å²) in [5.41, 5.74) is 23.5. The molecule has 2 bridgehead atoms. The minimum Gasteiger partial charge on any atom is -0.458 e. The number of pyridine rings is 1. The number of rotatable bonds is 5. The van der Waals surface area contributed by atoms with E-state index in [9.17, 15) is 0 Å². The van der Waals surface area contributed by atoms with Gasteiger partial charge >= 0.3 is 0 Å². The lowest BCUT2D eigenvalue weighted by atomic mass is 9.51. The zero-order valence-electron chi connectivity index (χ0n) is 42.9. The van der Waals surface area contributed by atoms with Crippen molar-refractivity contribution in [3.05, 3.63) is 294 Å². The summed E-state index contributed by atoms with van der Waals surface area (Å²) in [5, 5.41) is 2.32. The second-order valence-corrected chi connectivity index (χ2v) is 22.0. The molecule has 77 heavy (non-hydrogen) atoms. The van der Waals surface area contributed by atoms with E-state index in [0.29, 0.717) is 0 Å². The lowest BCUT2D eigenvalue weighted by Crippen LogP contribution is -2.43. The van der Waals surface area contributed by atoms with Crippen LogP contribution in [-0.4, -0.2) is 14.1 Å². The van der Waals surface area contributed by atoms with Crippen LogP contribution in [0.1, 0.15) is 71.2 Å². The number of hydrogen-bond acceptors (Lipinski definition) is 2. The van der Waals surface area contributed by atoms with Crippen LogP contribution >= 0.6 is 0 Å². The lowest BCUT2D eigenvalue weighted by Gasteiger charge is -2.51. The van der Waals surface area contributed by atoms with E-state index in [4.69, 9.17) is 9.72 Å². The van der Waals surface area contributed by atoms with Gasteiger partial charge in [-0.2, -0.15) is 0 Å². The van der Waals surface area contributed by atoms with E-state index < -0.39 is 5.41 Å². The van der Waals surface area contributed by atoms with Gasteiger partial charge < -0.3 is 4.74 Å². The van der Waals surface area contributed by atoms with Gasteiger partial charge in [-0.3, -0.25) is 13.7 Å². The van der Waals surface area contributed by atoms with Gasteiger partial charge in [0.1, 0.15) is 17.3 Å². The van der Waals surface area contributed by atoms with E-state index >= 15 is 0 Å². The Bertz CT molecular complexity index is 4510. The van der Waals surface area contributed by atoms with Gasteiger partial charge in [0.05, 0.1) is 38.9 Å². The first-order chi connectivity index (χ1) is 37.8. The molecule has 0 amide bonds. The summed E-state index contributed by atoms with van der Waals surface area (Å²) in [5.74, 6) is 2.55. The molecule has 0 fully saturated rings. The molecular formula is C72H50N4O. The van der Waals surface area contributed by atoms with Crippen molar-refractivity contribution in [3.8, 4) is 62.1 Å². The minimum atomic E-state index is -0.508. The van der Waals surface area contributed by atoms with Gasteiger partial charge in [-0.1, -0.05) is 191 Å². The summed E-state index contributed by atoms with van der Waals surface area (Å²) < 4.78 is 13.6. The molecule has 5 heteroatoms. The number of para-hydroxylation sites is 3. The normalized spacial score (nSPS) is 15.6. The zero-order valence-corrected chi connectivity index (χ0v) is 42.9. The van der Waals surface area contributed by atoms with Crippen molar-refractivity contribution in [2.45, 2.75) is 37.5 Å². The van der Waals surface area contributed by atoms with Crippen LogP contribution in [0.15, 0.2) is 243 Å². The molecule has 13 aromatic rings. The Hall–Kier alpha value is -9.58. The Labute approximate surface area is 447 Å². The molecule has 0 atom stereocenters. The van der Waals surface area contributed by atoms with Crippen LogP contribution in [0.25, 0.3) is 83.4 Å². The first-order valence-electron chi connectivity index (χ1n) is 26.7. The Morgan fingerprint density at radius 2 is 1.08 bits per heavy atom. The summed E-state index contributed by atoms with van der Waals surface area (Å²) in [7, 11) is 0. The summed E-state index contributed by atoms with van der Waals surface area (Å²) in [6, 6.07) is 87.0. The molecule has 3 aromatic heterocycles. The van der Waals surface area contributed by atoms with E-state index in [-0.39, 0.29) is 11.3 Å². The van der Waals surface area contributed by atoms with Crippen molar-refractivity contribution in [2.24, 2.45) is 0 Å². The third-order valence-electron chi connectivity index (χ3n) is 16.9. The Kier molecular flexibility index (Phi) is 9.22. The monoisotopic (exact) mass is 986 g/mol. The summed E-state index contributed by atoms with van der Waals surface area (Å²) in [6.07, 6.45) is 5.84. The van der Waals surface area contributed by atoms with Crippen LogP contribution in [0.5, 0.6) is 11.5 Å². The predicted octanol–water partition coefficient (Wildman–Crippen LogP) is 16.8. The Balaban J connectivity index is 0.849. The van der Waals surface area contributed by atoms with Crippen LogP contribution in [-0.2, 0) is 10.8 Å². The minimum absolute atomic E-state index is 0.0245. The Morgan fingerprint density at radius 3 is 1.83 bits per heavy atom. The van der Waals surface area contributed by atoms with Crippen LogP contribution in [0, 0.1) is 6.33 Å². The average molecular weight is 987 g/mol. The highest BCUT2D eigenvalue weighted by atomic mass is 16.5. The Morgan fingerprint density at radius 1 is 0.481 bits per heavy atom. The number of fused-ring (bicyclic) bond motifs is 10. The van der Waals surface area contributed by atoms with Crippen LogP contribution in [0.4, 0.5) is 0 Å². The second kappa shape index (κ2) is 16.2. The molecule has 0 spiro atoms. The molecular weight excluding hydrogens is 937 g/mol. The number of hydrogen-bond donors (Lipinski definition) is 0. The van der Waals surface area contributed by atoms with Crippen LogP contribution in [0.2, 0.25) is 0 Å². The fraction of sp³-hybridized carbons (Fsp3) is 0.0833. The maximum Gasteiger partial charge on any atom is 0.269 e. The molecule has 4 aliphatic rings. The fourth-order valence-corrected chi connectivity index (χ4v) is 13.6. The topological polar surface area (TPSA) is 35.9 Å². The number of imidazole rings is 1. The standard InChI is InChI=1S/C72H50N4O/c1-71(2,3)45-38-39-73-68(41-45)76-65-32-15-10-23-54(65)55-37-35-49(43-67(55)76)77-48-19-16-18-47(42-48)74-44-75-64-31-14-9-22-53(64)52-36-34-46(40-60(52)51-21-5-4-20-50(51)56-27-17-33-66(74)70(56)75)72-61-28-11-6-24-57(61)69(58-25-7-12-29-62(58)72)59-26-8-13-30-63(59)72/h4-43,69H,1-3H3. The zero-order chi connectivity index (χ0) is 51.1. The first kappa shape index (κ1) is 43.8. The predicted molar refractivity (Wildman–Crippen MR) is 310 cm³/mol. The molecule has 4 heterocycles. The van der Waals surface area contributed by atoms with Crippen molar-refractivity contribution in [1.29, 1.82) is 0 Å². The van der Waals surface area contributed by atoms with Crippen molar-refractivity contribution in [1.82, 2.24) is 14.1 Å². The molecule has 0 radical (unpaired) electrons. The van der Waals surface area contributed by atoms with Gasteiger partial charge in [-0.05, 0) is 144 Å².